The van der Waals surface area contributed by atoms with Crippen LogP contribution < -0.4 is 5.32 Å². The number of nitrogens with zero attached hydrogens (tertiary/aromatic N) is 2. The Hall–Kier alpha value is -2.59. The second kappa shape index (κ2) is 7.10. The van der Waals surface area contributed by atoms with Crippen molar-refractivity contribution >= 4 is 11.6 Å². The Morgan fingerprint density at radius 1 is 1.00 bits per heavy atom. The molecule has 0 saturated carbocycles. The minimum atomic E-state index is 0.157. The first-order valence-electron chi connectivity index (χ1n) is 10.3. The largest absolute Gasteiger partial charge is 0.377 e. The lowest BCUT2D eigenvalue weighted by Crippen LogP contribution is -2.47. The summed E-state index contributed by atoms with van der Waals surface area (Å²) in [5.74, 6) is 1.04. The van der Waals surface area contributed by atoms with Crippen molar-refractivity contribution in [1.29, 1.82) is 0 Å². The molecule has 2 heterocycles. The number of amides is 1. The third-order valence-electron chi connectivity index (χ3n) is 6.58. The van der Waals surface area contributed by atoms with Gasteiger partial charge in [-0.25, -0.2) is 0 Å². The summed E-state index contributed by atoms with van der Waals surface area (Å²) in [6, 6.07) is 17.1. The van der Waals surface area contributed by atoms with Crippen molar-refractivity contribution in [2.45, 2.75) is 18.4 Å². The number of rotatable bonds is 2. The summed E-state index contributed by atoms with van der Waals surface area (Å²) in [5.41, 5.74) is 4.43. The highest BCUT2D eigenvalue weighted by molar-refractivity contribution is 6.01. The molecule has 1 fully saturated rings. The predicted molar refractivity (Wildman–Crippen MR) is 113 cm³/mol. The third-order valence-corrected chi connectivity index (χ3v) is 6.58. The van der Waals surface area contributed by atoms with E-state index in [1.54, 1.807) is 0 Å². The SMILES string of the molecule is CN1CCN(C(=O)c2cccc3c2NC(c2ccccc2)C2CC=CC32)CC1. The first kappa shape index (κ1) is 17.5. The van der Waals surface area contributed by atoms with E-state index in [2.05, 4.69) is 71.9 Å². The Morgan fingerprint density at radius 3 is 2.57 bits per heavy atom. The van der Waals surface area contributed by atoms with Crippen molar-refractivity contribution in [3.05, 3.63) is 77.4 Å². The number of allylic oxidation sites excluding steroid dienone is 2. The van der Waals surface area contributed by atoms with E-state index < -0.39 is 0 Å². The molecule has 0 radical (unpaired) electrons. The minimum Gasteiger partial charge on any atom is -0.377 e. The van der Waals surface area contributed by atoms with Crippen LogP contribution in [0.15, 0.2) is 60.7 Å². The fourth-order valence-corrected chi connectivity index (χ4v) is 4.97. The first-order chi connectivity index (χ1) is 13.7. The molecular weight excluding hydrogens is 346 g/mol. The number of carbonyl (C=O) groups is 1. The van der Waals surface area contributed by atoms with Crippen LogP contribution in [0, 0.1) is 5.92 Å². The summed E-state index contributed by atoms with van der Waals surface area (Å²) in [4.78, 5) is 17.6. The summed E-state index contributed by atoms with van der Waals surface area (Å²) in [6.07, 6.45) is 5.72. The summed E-state index contributed by atoms with van der Waals surface area (Å²) < 4.78 is 0. The molecule has 0 aromatic heterocycles. The van der Waals surface area contributed by atoms with Gasteiger partial charge in [-0.05, 0) is 36.6 Å². The van der Waals surface area contributed by atoms with E-state index in [0.29, 0.717) is 11.8 Å². The molecule has 2 aromatic rings. The molecule has 1 amide bonds. The van der Waals surface area contributed by atoms with Crippen molar-refractivity contribution in [2.75, 3.05) is 38.5 Å². The van der Waals surface area contributed by atoms with E-state index >= 15 is 0 Å². The monoisotopic (exact) mass is 373 g/mol. The van der Waals surface area contributed by atoms with Crippen molar-refractivity contribution in [3.63, 3.8) is 0 Å². The summed E-state index contributed by atoms with van der Waals surface area (Å²) in [6.45, 7) is 3.47. The van der Waals surface area contributed by atoms with Gasteiger partial charge in [0.2, 0.25) is 0 Å². The van der Waals surface area contributed by atoms with Gasteiger partial charge < -0.3 is 15.1 Å². The van der Waals surface area contributed by atoms with Crippen LogP contribution in [0.25, 0.3) is 0 Å². The highest BCUT2D eigenvalue weighted by Crippen LogP contribution is 2.50. The Labute approximate surface area is 166 Å². The van der Waals surface area contributed by atoms with Crippen LogP contribution in [0.5, 0.6) is 0 Å². The van der Waals surface area contributed by atoms with Gasteiger partial charge in [-0.3, -0.25) is 4.79 Å². The van der Waals surface area contributed by atoms with Crippen LogP contribution in [0.4, 0.5) is 5.69 Å². The fraction of sp³-hybridized carbons (Fsp3) is 0.375. The Kier molecular flexibility index (Phi) is 4.44. The van der Waals surface area contributed by atoms with E-state index in [4.69, 9.17) is 0 Å². The van der Waals surface area contributed by atoms with Crippen LogP contribution in [0.1, 0.15) is 39.9 Å². The van der Waals surface area contributed by atoms with Gasteiger partial charge in [0.25, 0.3) is 5.91 Å². The maximum absolute atomic E-state index is 13.4. The van der Waals surface area contributed by atoms with Gasteiger partial charge in [0.05, 0.1) is 17.3 Å². The lowest BCUT2D eigenvalue weighted by molar-refractivity contribution is 0.0664. The molecule has 144 valence electrons. The van der Waals surface area contributed by atoms with Gasteiger partial charge in [-0.2, -0.15) is 0 Å². The molecule has 2 aliphatic heterocycles. The second-order valence-electron chi connectivity index (χ2n) is 8.25. The highest BCUT2D eigenvalue weighted by Gasteiger charge is 2.39. The number of likely N-dealkylation sites (N-methyl/N-ethyl adjacent to an activating group) is 1. The minimum absolute atomic E-state index is 0.157. The molecule has 1 saturated heterocycles. The van der Waals surface area contributed by atoms with Gasteiger partial charge in [-0.1, -0.05) is 54.6 Å². The average molecular weight is 374 g/mol. The highest BCUT2D eigenvalue weighted by atomic mass is 16.2. The van der Waals surface area contributed by atoms with Crippen molar-refractivity contribution in [3.8, 4) is 0 Å². The lowest BCUT2D eigenvalue weighted by Gasteiger charge is -2.39. The van der Waals surface area contributed by atoms with Gasteiger partial charge in [0, 0.05) is 32.1 Å². The third kappa shape index (κ3) is 2.92. The molecule has 1 aliphatic carbocycles. The van der Waals surface area contributed by atoms with Crippen molar-refractivity contribution in [2.24, 2.45) is 5.92 Å². The number of hydrogen-bond donors (Lipinski definition) is 1. The standard InChI is InChI=1S/C24H27N3O/c1-26-13-15-27(16-14-26)24(28)21-12-6-11-20-18-9-5-10-19(18)22(25-23(20)21)17-7-3-2-4-8-17/h2-9,11-12,18-19,22,25H,10,13-16H2,1H3. The number of anilines is 1. The quantitative estimate of drug-likeness (QED) is 0.811. The van der Waals surface area contributed by atoms with Crippen LogP contribution in [0.3, 0.4) is 0 Å². The zero-order valence-corrected chi connectivity index (χ0v) is 16.3. The molecule has 0 bridgehead atoms. The van der Waals surface area contributed by atoms with E-state index in [1.165, 1.54) is 11.1 Å². The zero-order valence-electron chi connectivity index (χ0n) is 16.3. The van der Waals surface area contributed by atoms with E-state index in [0.717, 1.165) is 43.9 Å². The van der Waals surface area contributed by atoms with Crippen LogP contribution in [-0.4, -0.2) is 48.9 Å². The number of nitrogens with one attached hydrogen (secondary N) is 1. The maximum atomic E-state index is 13.4. The summed E-state index contributed by atoms with van der Waals surface area (Å²) in [7, 11) is 2.12. The van der Waals surface area contributed by atoms with Gasteiger partial charge in [0.1, 0.15) is 0 Å². The van der Waals surface area contributed by atoms with Crippen LogP contribution in [-0.2, 0) is 0 Å². The summed E-state index contributed by atoms with van der Waals surface area (Å²) in [5, 5.41) is 3.78. The Morgan fingerprint density at radius 2 is 1.79 bits per heavy atom. The molecule has 3 atom stereocenters. The number of carbonyl (C=O) groups excluding carboxylic acids is 1. The fourth-order valence-electron chi connectivity index (χ4n) is 4.97. The number of para-hydroxylation sites is 1. The number of fused-ring (bicyclic) bond motifs is 3. The van der Waals surface area contributed by atoms with Gasteiger partial charge in [-0.15, -0.1) is 0 Å². The second-order valence-corrected chi connectivity index (χ2v) is 8.25. The molecule has 4 heteroatoms. The molecule has 5 rings (SSSR count). The van der Waals surface area contributed by atoms with Gasteiger partial charge >= 0.3 is 0 Å². The maximum Gasteiger partial charge on any atom is 0.256 e. The average Bonchev–Trinajstić information content (AvgIpc) is 3.24. The smallest absolute Gasteiger partial charge is 0.256 e. The lowest BCUT2D eigenvalue weighted by atomic mass is 9.76. The molecular formula is C24H27N3O. The van der Waals surface area contributed by atoms with Crippen molar-refractivity contribution in [1.82, 2.24) is 9.80 Å². The molecule has 3 unspecified atom stereocenters. The Balaban J connectivity index is 1.53. The topological polar surface area (TPSA) is 35.6 Å². The van der Waals surface area contributed by atoms with Crippen LogP contribution >= 0.6 is 0 Å². The molecule has 2 aromatic carbocycles. The van der Waals surface area contributed by atoms with Crippen molar-refractivity contribution < 1.29 is 4.79 Å². The van der Waals surface area contributed by atoms with E-state index in [9.17, 15) is 4.79 Å². The predicted octanol–water partition coefficient (Wildman–Crippen LogP) is 3.90. The molecule has 1 N–H and O–H groups in total. The molecule has 4 nitrogen and oxygen atoms in total. The van der Waals surface area contributed by atoms with E-state index in [1.807, 2.05) is 11.0 Å². The van der Waals surface area contributed by atoms with E-state index in [-0.39, 0.29) is 11.9 Å². The van der Waals surface area contributed by atoms with Crippen LogP contribution in [0.2, 0.25) is 0 Å². The normalized spacial score (nSPS) is 26.5. The number of hydrogen-bond acceptors (Lipinski definition) is 3. The first-order valence-corrected chi connectivity index (χ1v) is 10.3. The molecule has 3 aliphatic rings. The summed E-state index contributed by atoms with van der Waals surface area (Å²) >= 11 is 0. The van der Waals surface area contributed by atoms with Gasteiger partial charge in [0.15, 0.2) is 0 Å². The molecule has 28 heavy (non-hydrogen) atoms. The molecule has 0 spiro atoms. The Bertz CT molecular complexity index is 899. The number of piperazine rings is 1. The zero-order chi connectivity index (χ0) is 19.1. The number of benzene rings is 2.